The molecule has 1 aromatic rings. The molecule has 2 unspecified atom stereocenters. The summed E-state index contributed by atoms with van der Waals surface area (Å²) in [6.07, 6.45) is 2.73. The molecule has 0 radical (unpaired) electrons. The molecule has 0 spiro atoms. The Bertz CT molecular complexity index is 473. The van der Waals surface area contributed by atoms with Crippen molar-refractivity contribution in [3.63, 3.8) is 0 Å². The van der Waals surface area contributed by atoms with Crippen LogP contribution < -0.4 is 10.6 Å². The van der Waals surface area contributed by atoms with Gasteiger partial charge in [0.2, 0.25) is 0 Å². The summed E-state index contributed by atoms with van der Waals surface area (Å²) in [5, 5.41) is 6.20. The first kappa shape index (κ1) is 17.4. The zero-order valence-corrected chi connectivity index (χ0v) is 14.0. The monoisotopic (exact) mass is 292 g/mol. The lowest BCUT2D eigenvalue weighted by molar-refractivity contribution is 0.0923. The van der Waals surface area contributed by atoms with E-state index in [9.17, 15) is 4.79 Å². The number of amides is 1. The lowest BCUT2D eigenvalue weighted by atomic mass is 10.0. The SMILES string of the molecule is CCNc1cnc(C(C)C)nc1C(=O)NC(C)C(C)CC. The van der Waals surface area contributed by atoms with E-state index in [1.54, 1.807) is 6.20 Å². The van der Waals surface area contributed by atoms with Crippen molar-refractivity contribution >= 4 is 11.6 Å². The second-order valence-electron chi connectivity index (χ2n) is 5.82. The van der Waals surface area contributed by atoms with Crippen molar-refractivity contribution in [2.24, 2.45) is 5.92 Å². The van der Waals surface area contributed by atoms with Gasteiger partial charge in [-0.3, -0.25) is 4.79 Å². The van der Waals surface area contributed by atoms with Crippen LogP contribution in [0.1, 0.15) is 70.2 Å². The molecule has 5 heteroatoms. The molecule has 118 valence electrons. The van der Waals surface area contributed by atoms with E-state index in [2.05, 4.69) is 34.4 Å². The van der Waals surface area contributed by atoms with Crippen molar-refractivity contribution in [2.75, 3.05) is 11.9 Å². The topological polar surface area (TPSA) is 66.9 Å². The number of rotatable bonds is 7. The van der Waals surface area contributed by atoms with Crippen LogP contribution in [0.25, 0.3) is 0 Å². The summed E-state index contributed by atoms with van der Waals surface area (Å²) < 4.78 is 0. The summed E-state index contributed by atoms with van der Waals surface area (Å²) in [5.41, 5.74) is 1.13. The van der Waals surface area contributed by atoms with Crippen LogP contribution in [-0.4, -0.2) is 28.5 Å². The van der Waals surface area contributed by atoms with Gasteiger partial charge in [-0.1, -0.05) is 34.1 Å². The maximum Gasteiger partial charge on any atom is 0.272 e. The highest BCUT2D eigenvalue weighted by Gasteiger charge is 2.19. The van der Waals surface area contributed by atoms with Crippen molar-refractivity contribution in [1.29, 1.82) is 0 Å². The van der Waals surface area contributed by atoms with E-state index in [1.807, 2.05) is 27.7 Å². The number of hydrogen-bond donors (Lipinski definition) is 2. The molecule has 0 aliphatic rings. The van der Waals surface area contributed by atoms with Crippen molar-refractivity contribution < 1.29 is 4.79 Å². The van der Waals surface area contributed by atoms with Gasteiger partial charge in [0.05, 0.1) is 11.9 Å². The summed E-state index contributed by atoms with van der Waals surface area (Å²) in [6.45, 7) is 13.0. The Balaban J connectivity index is 3.01. The highest BCUT2D eigenvalue weighted by atomic mass is 16.2. The molecule has 1 rings (SSSR count). The lowest BCUT2D eigenvalue weighted by Gasteiger charge is -2.20. The normalized spacial score (nSPS) is 13.9. The lowest BCUT2D eigenvalue weighted by Crippen LogP contribution is -2.37. The minimum atomic E-state index is -0.136. The third-order valence-electron chi connectivity index (χ3n) is 3.76. The molecule has 5 nitrogen and oxygen atoms in total. The fraction of sp³-hybridized carbons (Fsp3) is 0.688. The number of carbonyl (C=O) groups excluding carboxylic acids is 1. The van der Waals surface area contributed by atoms with Gasteiger partial charge in [0, 0.05) is 18.5 Å². The molecule has 0 aliphatic heterocycles. The maximum atomic E-state index is 12.5. The van der Waals surface area contributed by atoms with E-state index >= 15 is 0 Å². The zero-order chi connectivity index (χ0) is 16.0. The van der Waals surface area contributed by atoms with Crippen molar-refractivity contribution in [2.45, 2.75) is 59.9 Å². The third-order valence-corrected chi connectivity index (χ3v) is 3.76. The summed E-state index contributed by atoms with van der Waals surface area (Å²) in [7, 11) is 0. The molecular weight excluding hydrogens is 264 g/mol. The predicted octanol–water partition coefficient (Wildman–Crippen LogP) is 3.20. The molecule has 0 aliphatic carbocycles. The summed E-state index contributed by atoms with van der Waals surface area (Å²) in [6, 6.07) is 0.120. The van der Waals surface area contributed by atoms with E-state index in [1.165, 1.54) is 0 Å². The zero-order valence-electron chi connectivity index (χ0n) is 14.0. The van der Waals surface area contributed by atoms with Gasteiger partial charge in [0.15, 0.2) is 5.69 Å². The molecule has 1 amide bonds. The molecule has 21 heavy (non-hydrogen) atoms. The Labute approximate surface area is 128 Å². The minimum Gasteiger partial charge on any atom is -0.382 e. The second-order valence-corrected chi connectivity index (χ2v) is 5.82. The number of aromatic nitrogens is 2. The van der Waals surface area contributed by atoms with Crippen molar-refractivity contribution in [3.8, 4) is 0 Å². The van der Waals surface area contributed by atoms with E-state index < -0.39 is 0 Å². The van der Waals surface area contributed by atoms with Crippen molar-refractivity contribution in [3.05, 3.63) is 17.7 Å². The van der Waals surface area contributed by atoms with E-state index in [0.717, 1.165) is 13.0 Å². The van der Waals surface area contributed by atoms with Crippen molar-refractivity contribution in [1.82, 2.24) is 15.3 Å². The molecule has 1 heterocycles. The highest BCUT2D eigenvalue weighted by Crippen LogP contribution is 2.17. The van der Waals surface area contributed by atoms with Crippen LogP contribution in [0.3, 0.4) is 0 Å². The molecule has 2 N–H and O–H groups in total. The standard InChI is InChI=1S/C16H28N4O/c1-7-11(5)12(6)19-16(21)14-13(17-8-2)9-18-15(20-14)10(3)4/h9-12,17H,7-8H2,1-6H3,(H,19,21). The Morgan fingerprint density at radius 3 is 2.43 bits per heavy atom. The van der Waals surface area contributed by atoms with Gasteiger partial charge in [0.25, 0.3) is 5.91 Å². The molecule has 0 saturated heterocycles. The molecule has 2 atom stereocenters. The number of nitrogens with one attached hydrogen (secondary N) is 2. The van der Waals surface area contributed by atoms with Gasteiger partial charge in [-0.15, -0.1) is 0 Å². The average molecular weight is 292 g/mol. The smallest absolute Gasteiger partial charge is 0.272 e. The number of anilines is 1. The van der Waals surface area contributed by atoms with Crippen LogP contribution in [0.15, 0.2) is 6.20 Å². The first-order chi connectivity index (χ1) is 9.90. The van der Waals surface area contributed by atoms with Gasteiger partial charge in [-0.2, -0.15) is 0 Å². The molecule has 0 saturated carbocycles. The number of hydrogen-bond acceptors (Lipinski definition) is 4. The van der Waals surface area contributed by atoms with E-state index in [0.29, 0.717) is 23.1 Å². The largest absolute Gasteiger partial charge is 0.382 e. The van der Waals surface area contributed by atoms with Gasteiger partial charge >= 0.3 is 0 Å². The summed E-state index contributed by atoms with van der Waals surface area (Å²) in [4.78, 5) is 21.3. The fourth-order valence-corrected chi connectivity index (χ4v) is 1.94. The summed E-state index contributed by atoms with van der Waals surface area (Å²) >= 11 is 0. The van der Waals surface area contributed by atoms with Crippen LogP contribution in [0.5, 0.6) is 0 Å². The first-order valence-electron chi connectivity index (χ1n) is 7.82. The average Bonchev–Trinajstić information content (AvgIpc) is 2.46. The third kappa shape index (κ3) is 4.69. The van der Waals surface area contributed by atoms with Crippen LogP contribution >= 0.6 is 0 Å². The van der Waals surface area contributed by atoms with Crippen LogP contribution in [0, 0.1) is 5.92 Å². The van der Waals surface area contributed by atoms with Gasteiger partial charge in [-0.05, 0) is 19.8 Å². The fourth-order valence-electron chi connectivity index (χ4n) is 1.94. The molecule has 0 aromatic carbocycles. The van der Waals surface area contributed by atoms with Gasteiger partial charge in [-0.25, -0.2) is 9.97 Å². The van der Waals surface area contributed by atoms with Gasteiger partial charge in [0.1, 0.15) is 5.82 Å². The Hall–Kier alpha value is -1.65. The number of carbonyl (C=O) groups is 1. The molecular formula is C16H28N4O. The van der Waals surface area contributed by atoms with Crippen LogP contribution in [-0.2, 0) is 0 Å². The molecule has 0 fully saturated rings. The maximum absolute atomic E-state index is 12.5. The second kappa shape index (κ2) is 7.96. The van der Waals surface area contributed by atoms with Crippen LogP contribution in [0.2, 0.25) is 0 Å². The van der Waals surface area contributed by atoms with Gasteiger partial charge < -0.3 is 10.6 Å². The predicted molar refractivity (Wildman–Crippen MR) is 86.7 cm³/mol. The van der Waals surface area contributed by atoms with E-state index in [-0.39, 0.29) is 17.9 Å². The van der Waals surface area contributed by atoms with Crippen LogP contribution in [0.4, 0.5) is 5.69 Å². The minimum absolute atomic E-state index is 0.120. The first-order valence-corrected chi connectivity index (χ1v) is 7.82. The highest BCUT2D eigenvalue weighted by molar-refractivity contribution is 5.97. The Kier molecular flexibility index (Phi) is 6.59. The Morgan fingerprint density at radius 2 is 1.90 bits per heavy atom. The summed E-state index contributed by atoms with van der Waals surface area (Å²) in [5.74, 6) is 1.18. The number of nitrogens with zero attached hydrogens (tertiary/aromatic N) is 2. The molecule has 0 bridgehead atoms. The van der Waals surface area contributed by atoms with E-state index in [4.69, 9.17) is 0 Å². The molecule has 1 aromatic heterocycles. The Morgan fingerprint density at radius 1 is 1.24 bits per heavy atom. The quantitative estimate of drug-likeness (QED) is 0.810.